The van der Waals surface area contributed by atoms with Crippen LogP contribution in [0, 0.1) is 0 Å². The SMILES string of the molecule is FC(F)(F)[C@H](OC[C@H]1CO1)c1ccc(Cl)cc1. The summed E-state index contributed by atoms with van der Waals surface area (Å²) in [7, 11) is 0. The van der Waals surface area contributed by atoms with Gasteiger partial charge in [0.25, 0.3) is 0 Å². The maximum atomic E-state index is 12.8. The molecule has 1 fully saturated rings. The van der Waals surface area contributed by atoms with Gasteiger partial charge in [-0.2, -0.15) is 13.2 Å². The molecule has 0 aliphatic carbocycles. The van der Waals surface area contributed by atoms with E-state index in [9.17, 15) is 13.2 Å². The van der Waals surface area contributed by atoms with Gasteiger partial charge < -0.3 is 9.47 Å². The maximum absolute atomic E-state index is 12.8. The molecule has 0 radical (unpaired) electrons. The first-order valence-electron chi connectivity index (χ1n) is 5.02. The molecule has 0 saturated carbocycles. The Labute approximate surface area is 101 Å². The Balaban J connectivity index is 2.10. The molecule has 6 heteroatoms. The Morgan fingerprint density at radius 3 is 2.41 bits per heavy atom. The summed E-state index contributed by atoms with van der Waals surface area (Å²) in [6.45, 7) is 0.415. The Morgan fingerprint density at radius 2 is 1.94 bits per heavy atom. The van der Waals surface area contributed by atoms with Crippen LogP contribution in [0.2, 0.25) is 5.02 Å². The van der Waals surface area contributed by atoms with Crippen LogP contribution in [0.3, 0.4) is 0 Å². The van der Waals surface area contributed by atoms with Gasteiger partial charge in [0, 0.05) is 5.02 Å². The highest BCUT2D eigenvalue weighted by molar-refractivity contribution is 6.30. The molecule has 1 aliphatic heterocycles. The van der Waals surface area contributed by atoms with Crippen molar-refractivity contribution in [2.75, 3.05) is 13.2 Å². The summed E-state index contributed by atoms with van der Waals surface area (Å²) in [5, 5.41) is 0.389. The first-order chi connectivity index (χ1) is 7.97. The zero-order valence-electron chi connectivity index (χ0n) is 8.71. The zero-order valence-corrected chi connectivity index (χ0v) is 9.46. The molecule has 0 unspecified atom stereocenters. The standard InChI is InChI=1S/C11H10ClF3O2/c12-8-3-1-7(2-4-8)10(11(13,14)15)17-6-9-5-16-9/h1-4,9-10H,5-6H2/t9-,10-/m1/s1. The van der Waals surface area contributed by atoms with E-state index in [0.29, 0.717) is 11.6 Å². The summed E-state index contributed by atoms with van der Waals surface area (Å²) in [6.07, 6.45) is -6.57. The van der Waals surface area contributed by atoms with Crippen LogP contribution < -0.4 is 0 Å². The lowest BCUT2D eigenvalue weighted by atomic mass is 10.1. The second-order valence-corrected chi connectivity index (χ2v) is 4.20. The van der Waals surface area contributed by atoms with E-state index in [-0.39, 0.29) is 18.3 Å². The van der Waals surface area contributed by atoms with Gasteiger partial charge in [0.15, 0.2) is 6.10 Å². The quantitative estimate of drug-likeness (QED) is 0.780. The van der Waals surface area contributed by atoms with Crippen molar-refractivity contribution in [1.29, 1.82) is 0 Å². The van der Waals surface area contributed by atoms with Crippen LogP contribution in [0.25, 0.3) is 0 Å². The number of hydrogen-bond donors (Lipinski definition) is 0. The largest absolute Gasteiger partial charge is 0.418 e. The Kier molecular flexibility index (Phi) is 3.61. The summed E-state index contributed by atoms with van der Waals surface area (Å²) in [5.41, 5.74) is 0.0440. The highest BCUT2D eigenvalue weighted by Crippen LogP contribution is 2.36. The summed E-state index contributed by atoms with van der Waals surface area (Å²) in [5.74, 6) is 0. The number of ether oxygens (including phenoxy) is 2. The van der Waals surface area contributed by atoms with E-state index >= 15 is 0 Å². The third kappa shape index (κ3) is 3.59. The summed E-state index contributed by atoms with van der Waals surface area (Å²) in [6, 6.07) is 5.45. The molecule has 2 atom stereocenters. The number of rotatable bonds is 4. The van der Waals surface area contributed by atoms with E-state index in [4.69, 9.17) is 21.1 Å². The lowest BCUT2D eigenvalue weighted by Crippen LogP contribution is -2.25. The molecule has 0 aromatic heterocycles. The molecule has 1 aromatic rings. The van der Waals surface area contributed by atoms with Crippen LogP contribution in [0.15, 0.2) is 24.3 Å². The van der Waals surface area contributed by atoms with Gasteiger partial charge in [-0.1, -0.05) is 23.7 Å². The fourth-order valence-electron chi connectivity index (χ4n) is 1.39. The number of hydrogen-bond acceptors (Lipinski definition) is 2. The number of epoxide rings is 1. The van der Waals surface area contributed by atoms with Crippen molar-refractivity contribution in [3.63, 3.8) is 0 Å². The summed E-state index contributed by atoms with van der Waals surface area (Å²) >= 11 is 5.63. The highest BCUT2D eigenvalue weighted by Gasteiger charge is 2.42. The monoisotopic (exact) mass is 266 g/mol. The third-order valence-electron chi connectivity index (χ3n) is 2.32. The van der Waals surface area contributed by atoms with Crippen molar-refractivity contribution in [2.45, 2.75) is 18.4 Å². The van der Waals surface area contributed by atoms with Crippen molar-refractivity contribution in [1.82, 2.24) is 0 Å². The summed E-state index contributed by atoms with van der Waals surface area (Å²) < 4.78 is 48.0. The van der Waals surface area contributed by atoms with Gasteiger partial charge in [0.2, 0.25) is 0 Å². The molecule has 0 N–H and O–H groups in total. The average Bonchev–Trinajstić information content (AvgIpc) is 3.03. The number of benzene rings is 1. The van der Waals surface area contributed by atoms with E-state index in [1.165, 1.54) is 24.3 Å². The minimum Gasteiger partial charge on any atom is -0.371 e. The van der Waals surface area contributed by atoms with E-state index in [0.717, 1.165) is 0 Å². The molecule has 1 saturated heterocycles. The van der Waals surface area contributed by atoms with Crippen LogP contribution in [-0.4, -0.2) is 25.5 Å². The third-order valence-corrected chi connectivity index (χ3v) is 2.57. The van der Waals surface area contributed by atoms with Gasteiger partial charge in [0.05, 0.1) is 13.2 Å². The molecule has 2 rings (SSSR count). The fraction of sp³-hybridized carbons (Fsp3) is 0.455. The van der Waals surface area contributed by atoms with Gasteiger partial charge in [-0.15, -0.1) is 0 Å². The minimum atomic E-state index is -4.44. The topological polar surface area (TPSA) is 21.8 Å². The van der Waals surface area contributed by atoms with E-state index in [1.807, 2.05) is 0 Å². The van der Waals surface area contributed by atoms with E-state index in [2.05, 4.69) is 0 Å². The maximum Gasteiger partial charge on any atom is 0.418 e. The van der Waals surface area contributed by atoms with Gasteiger partial charge >= 0.3 is 6.18 Å². The molecule has 0 spiro atoms. The van der Waals surface area contributed by atoms with Gasteiger partial charge in [-0.05, 0) is 17.7 Å². The second kappa shape index (κ2) is 4.84. The van der Waals surface area contributed by atoms with Crippen molar-refractivity contribution < 1.29 is 22.6 Å². The first-order valence-corrected chi connectivity index (χ1v) is 5.40. The first kappa shape index (κ1) is 12.7. The molecule has 1 heterocycles. The van der Waals surface area contributed by atoms with Gasteiger partial charge in [-0.25, -0.2) is 0 Å². The molecule has 17 heavy (non-hydrogen) atoms. The highest BCUT2D eigenvalue weighted by atomic mass is 35.5. The summed E-state index contributed by atoms with van der Waals surface area (Å²) in [4.78, 5) is 0. The zero-order chi connectivity index (χ0) is 12.5. The molecule has 1 aromatic carbocycles. The molecular weight excluding hydrogens is 257 g/mol. The normalized spacial score (nSPS) is 21.3. The Hall–Kier alpha value is -0.780. The molecule has 1 aliphatic rings. The van der Waals surface area contributed by atoms with Crippen LogP contribution in [-0.2, 0) is 9.47 Å². The number of halogens is 4. The fourth-order valence-corrected chi connectivity index (χ4v) is 1.51. The van der Waals surface area contributed by atoms with Crippen LogP contribution in [0.4, 0.5) is 13.2 Å². The van der Waals surface area contributed by atoms with Crippen molar-refractivity contribution in [2.24, 2.45) is 0 Å². The van der Waals surface area contributed by atoms with E-state index in [1.54, 1.807) is 0 Å². The Bertz CT molecular complexity index is 373. The van der Waals surface area contributed by atoms with Crippen molar-refractivity contribution >= 4 is 11.6 Å². The lowest BCUT2D eigenvalue weighted by molar-refractivity contribution is -0.224. The predicted octanol–water partition coefficient (Wildman–Crippen LogP) is 3.36. The molecule has 0 bridgehead atoms. The smallest absolute Gasteiger partial charge is 0.371 e. The molecule has 94 valence electrons. The lowest BCUT2D eigenvalue weighted by Gasteiger charge is -2.20. The molecule has 2 nitrogen and oxygen atoms in total. The predicted molar refractivity (Wildman–Crippen MR) is 55.9 cm³/mol. The average molecular weight is 267 g/mol. The second-order valence-electron chi connectivity index (χ2n) is 3.76. The van der Waals surface area contributed by atoms with Crippen molar-refractivity contribution in [3.05, 3.63) is 34.9 Å². The van der Waals surface area contributed by atoms with Gasteiger partial charge in [0.1, 0.15) is 6.10 Å². The molecule has 0 amide bonds. The molecular formula is C11H10ClF3O2. The van der Waals surface area contributed by atoms with E-state index < -0.39 is 12.3 Å². The van der Waals surface area contributed by atoms with Gasteiger partial charge in [-0.3, -0.25) is 0 Å². The Morgan fingerprint density at radius 1 is 1.35 bits per heavy atom. The van der Waals surface area contributed by atoms with Crippen LogP contribution in [0.1, 0.15) is 11.7 Å². The minimum absolute atomic E-state index is 0.0440. The van der Waals surface area contributed by atoms with Crippen LogP contribution >= 0.6 is 11.6 Å². The van der Waals surface area contributed by atoms with Crippen LogP contribution in [0.5, 0.6) is 0 Å². The number of alkyl halides is 3. The van der Waals surface area contributed by atoms with Crippen molar-refractivity contribution in [3.8, 4) is 0 Å².